The zero-order chi connectivity index (χ0) is 20.2. The highest BCUT2D eigenvalue weighted by molar-refractivity contribution is 7.89. The number of hydrogen-bond donors (Lipinski definition) is 1. The van der Waals surface area contributed by atoms with Crippen molar-refractivity contribution in [1.29, 1.82) is 0 Å². The third-order valence-electron chi connectivity index (χ3n) is 3.86. The third kappa shape index (κ3) is 5.35. The van der Waals surface area contributed by atoms with E-state index >= 15 is 0 Å². The van der Waals surface area contributed by atoms with Crippen molar-refractivity contribution in [3.8, 4) is 5.75 Å². The van der Waals surface area contributed by atoms with Crippen LogP contribution in [0.15, 0.2) is 41.3 Å². The molecule has 2 rings (SSSR count). The Balaban J connectivity index is 2.08. The smallest absolute Gasteiger partial charge is 0.246 e. The number of nitrogens with one attached hydrogen (secondary N) is 1. The molecule has 0 bridgehead atoms. The second-order valence-electron chi connectivity index (χ2n) is 5.93. The first kappa shape index (κ1) is 21.5. The van der Waals surface area contributed by atoms with Gasteiger partial charge in [0.2, 0.25) is 15.9 Å². The van der Waals surface area contributed by atoms with Crippen molar-refractivity contribution in [3.05, 3.63) is 57.6 Å². The number of ether oxygens (including phenoxy) is 1. The first-order chi connectivity index (χ1) is 12.6. The fourth-order valence-electron chi connectivity index (χ4n) is 2.36. The van der Waals surface area contributed by atoms with E-state index in [2.05, 4.69) is 5.32 Å². The molecule has 0 aliphatic heterocycles. The molecule has 0 saturated carbocycles. The molecule has 2 aromatic carbocycles. The number of methoxy groups -OCH3 is 1. The van der Waals surface area contributed by atoms with E-state index in [1.54, 1.807) is 37.3 Å². The van der Waals surface area contributed by atoms with E-state index in [-0.39, 0.29) is 23.7 Å². The minimum absolute atomic E-state index is 0.0149. The van der Waals surface area contributed by atoms with Crippen LogP contribution in [-0.4, -0.2) is 39.3 Å². The van der Waals surface area contributed by atoms with Gasteiger partial charge in [0.1, 0.15) is 10.6 Å². The Bertz CT molecular complexity index is 948. The molecule has 0 unspecified atom stereocenters. The Morgan fingerprint density at radius 3 is 2.52 bits per heavy atom. The minimum atomic E-state index is -3.89. The third-order valence-corrected chi connectivity index (χ3v) is 6.28. The molecular weight excluding hydrogens is 411 g/mol. The van der Waals surface area contributed by atoms with Gasteiger partial charge >= 0.3 is 0 Å². The Morgan fingerprint density at radius 1 is 1.19 bits per heavy atom. The molecule has 0 aliphatic carbocycles. The van der Waals surface area contributed by atoms with Gasteiger partial charge in [-0.25, -0.2) is 8.42 Å². The summed E-state index contributed by atoms with van der Waals surface area (Å²) in [6.45, 7) is 1.60. The fourth-order valence-corrected chi connectivity index (χ4v) is 4.19. The van der Waals surface area contributed by atoms with Gasteiger partial charge in [-0.3, -0.25) is 4.79 Å². The van der Waals surface area contributed by atoms with Gasteiger partial charge in [0.05, 0.1) is 13.7 Å². The number of rotatable bonds is 7. The van der Waals surface area contributed by atoms with Gasteiger partial charge in [0, 0.05) is 23.6 Å². The summed E-state index contributed by atoms with van der Waals surface area (Å²) in [5, 5.41) is 3.57. The highest BCUT2D eigenvalue weighted by Gasteiger charge is 2.26. The summed E-state index contributed by atoms with van der Waals surface area (Å²) >= 11 is 11.9. The van der Waals surface area contributed by atoms with E-state index < -0.39 is 15.9 Å². The summed E-state index contributed by atoms with van der Waals surface area (Å²) in [5.74, 6) is -0.237. The molecule has 2 aromatic rings. The normalized spacial score (nSPS) is 11.5. The van der Waals surface area contributed by atoms with Crippen LogP contribution in [0.1, 0.15) is 11.1 Å². The van der Waals surface area contributed by atoms with E-state index in [0.29, 0.717) is 15.6 Å². The Kier molecular flexibility index (Phi) is 7.11. The van der Waals surface area contributed by atoms with E-state index in [4.69, 9.17) is 27.9 Å². The van der Waals surface area contributed by atoms with Crippen LogP contribution in [0.3, 0.4) is 0 Å². The first-order valence-electron chi connectivity index (χ1n) is 7.96. The standard InChI is InChI=1S/C18H20Cl2N2O4S/c1-12-4-7-16(26-3)17(8-12)27(24,25)22(2)11-18(23)21-10-13-5-6-14(19)9-15(13)20/h4-9H,10-11H2,1-3H3,(H,21,23). The summed E-state index contributed by atoms with van der Waals surface area (Å²) in [6.07, 6.45) is 0. The van der Waals surface area contributed by atoms with Crippen LogP contribution in [-0.2, 0) is 21.4 Å². The van der Waals surface area contributed by atoms with Crippen LogP contribution in [0.2, 0.25) is 10.0 Å². The number of hydrogen-bond acceptors (Lipinski definition) is 4. The van der Waals surface area contributed by atoms with Crippen molar-refractivity contribution in [3.63, 3.8) is 0 Å². The highest BCUT2D eigenvalue weighted by atomic mass is 35.5. The van der Waals surface area contributed by atoms with Gasteiger partial charge in [-0.2, -0.15) is 4.31 Å². The molecule has 0 atom stereocenters. The number of carbonyl (C=O) groups is 1. The van der Waals surface area contributed by atoms with Crippen molar-refractivity contribution in [2.24, 2.45) is 0 Å². The summed E-state index contributed by atoms with van der Waals surface area (Å²) in [7, 11) is -1.16. The van der Waals surface area contributed by atoms with Crippen LogP contribution in [0.5, 0.6) is 5.75 Å². The first-order valence-corrected chi connectivity index (χ1v) is 10.2. The number of sulfonamides is 1. The molecule has 27 heavy (non-hydrogen) atoms. The quantitative estimate of drug-likeness (QED) is 0.731. The lowest BCUT2D eigenvalue weighted by atomic mass is 10.2. The maximum absolute atomic E-state index is 12.8. The summed E-state index contributed by atoms with van der Waals surface area (Å²) in [6, 6.07) is 9.78. The molecule has 0 fully saturated rings. The van der Waals surface area contributed by atoms with Crippen LogP contribution < -0.4 is 10.1 Å². The fraction of sp³-hybridized carbons (Fsp3) is 0.278. The summed E-state index contributed by atoms with van der Waals surface area (Å²) in [4.78, 5) is 12.2. The molecule has 6 nitrogen and oxygen atoms in total. The van der Waals surface area contributed by atoms with Gasteiger partial charge in [0.15, 0.2) is 0 Å². The van der Waals surface area contributed by atoms with Crippen molar-refractivity contribution in [1.82, 2.24) is 9.62 Å². The van der Waals surface area contributed by atoms with Gasteiger partial charge in [-0.1, -0.05) is 35.3 Å². The second kappa shape index (κ2) is 8.93. The second-order valence-corrected chi connectivity index (χ2v) is 8.78. The average Bonchev–Trinajstić information content (AvgIpc) is 2.60. The predicted octanol–water partition coefficient (Wildman–Crippen LogP) is 3.25. The molecule has 0 spiro atoms. The molecule has 0 radical (unpaired) electrons. The lowest BCUT2D eigenvalue weighted by Crippen LogP contribution is -2.38. The van der Waals surface area contributed by atoms with Crippen LogP contribution in [0, 0.1) is 6.92 Å². The van der Waals surface area contributed by atoms with Crippen molar-refractivity contribution >= 4 is 39.1 Å². The lowest BCUT2D eigenvalue weighted by molar-refractivity contribution is -0.121. The number of nitrogens with zero attached hydrogens (tertiary/aromatic N) is 1. The molecule has 0 saturated heterocycles. The van der Waals surface area contributed by atoms with Gasteiger partial charge in [-0.05, 0) is 42.3 Å². The SMILES string of the molecule is COc1ccc(C)cc1S(=O)(=O)N(C)CC(=O)NCc1ccc(Cl)cc1Cl. The van der Waals surface area contributed by atoms with E-state index in [1.165, 1.54) is 20.2 Å². The van der Waals surface area contributed by atoms with Gasteiger partial charge in [0.25, 0.3) is 0 Å². The molecule has 146 valence electrons. The number of amides is 1. The number of likely N-dealkylation sites (N-methyl/N-ethyl adjacent to an activating group) is 1. The molecule has 1 amide bonds. The predicted molar refractivity (Wildman–Crippen MR) is 106 cm³/mol. The minimum Gasteiger partial charge on any atom is -0.495 e. The molecule has 0 heterocycles. The summed E-state index contributed by atoms with van der Waals surface area (Å²) < 4.78 is 31.7. The Hall–Kier alpha value is -1.80. The molecule has 1 N–H and O–H groups in total. The topological polar surface area (TPSA) is 75.7 Å². The largest absolute Gasteiger partial charge is 0.495 e. The zero-order valence-corrected chi connectivity index (χ0v) is 17.5. The molecule has 0 aromatic heterocycles. The Morgan fingerprint density at radius 2 is 1.89 bits per heavy atom. The van der Waals surface area contributed by atoms with Crippen LogP contribution in [0.25, 0.3) is 0 Å². The van der Waals surface area contributed by atoms with Gasteiger partial charge < -0.3 is 10.1 Å². The van der Waals surface area contributed by atoms with Crippen LogP contribution >= 0.6 is 23.2 Å². The van der Waals surface area contributed by atoms with Crippen molar-refractivity contribution in [2.45, 2.75) is 18.4 Å². The number of benzene rings is 2. The van der Waals surface area contributed by atoms with E-state index in [0.717, 1.165) is 9.87 Å². The number of carbonyl (C=O) groups excluding carboxylic acids is 1. The highest BCUT2D eigenvalue weighted by Crippen LogP contribution is 2.27. The average molecular weight is 431 g/mol. The monoisotopic (exact) mass is 430 g/mol. The number of aryl methyl sites for hydroxylation is 1. The van der Waals surface area contributed by atoms with Crippen LogP contribution in [0.4, 0.5) is 0 Å². The van der Waals surface area contributed by atoms with Crippen molar-refractivity contribution in [2.75, 3.05) is 20.7 Å². The van der Waals surface area contributed by atoms with Crippen molar-refractivity contribution < 1.29 is 17.9 Å². The molecule has 0 aliphatic rings. The molecule has 9 heteroatoms. The maximum Gasteiger partial charge on any atom is 0.246 e. The maximum atomic E-state index is 12.8. The zero-order valence-electron chi connectivity index (χ0n) is 15.1. The summed E-state index contributed by atoms with van der Waals surface area (Å²) in [5.41, 5.74) is 1.45. The van der Waals surface area contributed by atoms with E-state index in [1.807, 2.05) is 0 Å². The lowest BCUT2D eigenvalue weighted by Gasteiger charge is -2.19. The Labute approximate surface area is 169 Å². The number of halogens is 2. The van der Waals surface area contributed by atoms with Gasteiger partial charge in [-0.15, -0.1) is 0 Å². The molecular formula is C18H20Cl2N2O4S. The van der Waals surface area contributed by atoms with E-state index in [9.17, 15) is 13.2 Å².